The molecule has 0 aliphatic heterocycles. The third kappa shape index (κ3) is 3.75. The molecule has 1 aromatic rings. The first-order valence-electron chi connectivity index (χ1n) is 3.41. The first-order valence-corrected chi connectivity index (χ1v) is 4.70. The van der Waals surface area contributed by atoms with Crippen LogP contribution in [0.1, 0.15) is 17.3 Å². The number of hydrogen-bond acceptors (Lipinski definition) is 2. The van der Waals surface area contributed by atoms with Crippen LogP contribution in [0.2, 0.25) is 5.15 Å². The standard InChI is InChI=1S/C8H7BrClNO.BrH/c1-5(9)8(12)6-2-3-7(10)11-4-6;/h2-5H,1H3;1H. The van der Waals surface area contributed by atoms with Crippen molar-refractivity contribution in [3.8, 4) is 0 Å². The lowest BCUT2D eigenvalue weighted by Gasteiger charge is -2.00. The van der Waals surface area contributed by atoms with Crippen LogP contribution in [0.4, 0.5) is 0 Å². The maximum absolute atomic E-state index is 11.3. The van der Waals surface area contributed by atoms with Crippen molar-refractivity contribution in [2.75, 3.05) is 0 Å². The van der Waals surface area contributed by atoms with E-state index in [9.17, 15) is 4.79 Å². The summed E-state index contributed by atoms with van der Waals surface area (Å²) in [6, 6.07) is 3.26. The molecular weight excluding hydrogens is 321 g/mol. The lowest BCUT2D eigenvalue weighted by Crippen LogP contribution is -2.09. The monoisotopic (exact) mass is 327 g/mol. The van der Waals surface area contributed by atoms with Gasteiger partial charge in [-0.1, -0.05) is 27.5 Å². The predicted octanol–water partition coefficient (Wildman–Crippen LogP) is 3.28. The molecule has 0 aliphatic carbocycles. The van der Waals surface area contributed by atoms with E-state index in [0.717, 1.165) is 0 Å². The number of hydrogen-bond donors (Lipinski definition) is 0. The molecule has 0 radical (unpaired) electrons. The molecule has 0 amide bonds. The third-order valence-electron chi connectivity index (χ3n) is 1.37. The summed E-state index contributed by atoms with van der Waals surface area (Å²) in [5, 5.41) is 0.397. The van der Waals surface area contributed by atoms with Crippen LogP contribution in [0.5, 0.6) is 0 Å². The van der Waals surface area contributed by atoms with Gasteiger partial charge in [0.25, 0.3) is 0 Å². The van der Waals surface area contributed by atoms with E-state index < -0.39 is 0 Å². The maximum atomic E-state index is 11.3. The third-order valence-corrected chi connectivity index (χ3v) is 2.01. The second kappa shape index (κ2) is 5.73. The number of alkyl halides is 1. The van der Waals surface area contributed by atoms with Gasteiger partial charge in [0.1, 0.15) is 5.15 Å². The Kier molecular flexibility index (Phi) is 5.76. The van der Waals surface area contributed by atoms with E-state index in [1.807, 2.05) is 0 Å². The van der Waals surface area contributed by atoms with Crippen LogP contribution in [0.15, 0.2) is 18.3 Å². The first kappa shape index (κ1) is 13.1. The van der Waals surface area contributed by atoms with Crippen molar-refractivity contribution in [3.05, 3.63) is 29.0 Å². The van der Waals surface area contributed by atoms with Crippen LogP contribution >= 0.6 is 44.5 Å². The van der Waals surface area contributed by atoms with Gasteiger partial charge in [0, 0.05) is 11.8 Å². The highest BCUT2D eigenvalue weighted by molar-refractivity contribution is 9.10. The molecule has 1 unspecified atom stereocenters. The average molecular weight is 329 g/mol. The van der Waals surface area contributed by atoms with Gasteiger partial charge in [-0.2, -0.15) is 0 Å². The topological polar surface area (TPSA) is 30.0 Å². The van der Waals surface area contributed by atoms with Gasteiger partial charge in [0.05, 0.1) is 4.83 Å². The molecule has 13 heavy (non-hydrogen) atoms. The van der Waals surface area contributed by atoms with Gasteiger partial charge < -0.3 is 0 Å². The molecule has 1 aromatic heterocycles. The Hall–Kier alpha value is 0.0700. The first-order chi connectivity index (χ1) is 5.61. The van der Waals surface area contributed by atoms with Gasteiger partial charge in [-0.3, -0.25) is 4.79 Å². The smallest absolute Gasteiger partial charge is 0.177 e. The number of rotatable bonds is 2. The number of carbonyl (C=O) groups is 1. The predicted molar refractivity (Wildman–Crippen MR) is 62.3 cm³/mol. The summed E-state index contributed by atoms with van der Waals surface area (Å²) in [5.41, 5.74) is 0.573. The minimum Gasteiger partial charge on any atom is -0.293 e. The van der Waals surface area contributed by atoms with Crippen molar-refractivity contribution in [2.45, 2.75) is 11.8 Å². The van der Waals surface area contributed by atoms with E-state index in [1.54, 1.807) is 19.1 Å². The molecule has 1 atom stereocenters. The molecule has 5 heteroatoms. The second-order valence-electron chi connectivity index (χ2n) is 2.35. The van der Waals surface area contributed by atoms with E-state index in [0.29, 0.717) is 10.7 Å². The van der Waals surface area contributed by atoms with Crippen LogP contribution in [0, 0.1) is 0 Å². The molecule has 0 fully saturated rings. The van der Waals surface area contributed by atoms with Gasteiger partial charge in [-0.05, 0) is 19.1 Å². The van der Waals surface area contributed by atoms with Crippen molar-refractivity contribution >= 4 is 50.3 Å². The van der Waals surface area contributed by atoms with Gasteiger partial charge in [-0.15, -0.1) is 17.0 Å². The minimum atomic E-state index is -0.180. The van der Waals surface area contributed by atoms with Gasteiger partial charge in [0.15, 0.2) is 5.78 Å². The zero-order valence-electron chi connectivity index (χ0n) is 6.83. The summed E-state index contributed by atoms with van der Waals surface area (Å²) in [5.74, 6) is 0.0131. The number of pyridine rings is 1. The average Bonchev–Trinajstić information content (AvgIpc) is 2.04. The van der Waals surface area contributed by atoms with E-state index in [-0.39, 0.29) is 27.6 Å². The van der Waals surface area contributed by atoms with Crippen molar-refractivity contribution in [3.63, 3.8) is 0 Å². The number of aromatic nitrogens is 1. The van der Waals surface area contributed by atoms with Crippen LogP contribution < -0.4 is 0 Å². The number of nitrogens with zero attached hydrogens (tertiary/aromatic N) is 1. The Balaban J connectivity index is 0.00000144. The summed E-state index contributed by atoms with van der Waals surface area (Å²) < 4.78 is 0. The molecule has 0 saturated carbocycles. The Bertz CT molecular complexity index is 287. The number of halogens is 3. The Labute approximate surface area is 101 Å². The Morgan fingerprint density at radius 1 is 1.62 bits per heavy atom. The van der Waals surface area contributed by atoms with Gasteiger partial charge in [0.2, 0.25) is 0 Å². The lowest BCUT2D eigenvalue weighted by atomic mass is 10.1. The molecule has 72 valence electrons. The summed E-state index contributed by atoms with van der Waals surface area (Å²) in [6.07, 6.45) is 1.47. The molecular formula is C8H8Br2ClNO. The molecule has 1 heterocycles. The van der Waals surface area contributed by atoms with E-state index >= 15 is 0 Å². The minimum absolute atomic E-state index is 0. The Morgan fingerprint density at radius 2 is 2.23 bits per heavy atom. The largest absolute Gasteiger partial charge is 0.293 e. The summed E-state index contributed by atoms with van der Waals surface area (Å²) in [6.45, 7) is 1.77. The van der Waals surface area contributed by atoms with Crippen LogP contribution in [-0.2, 0) is 0 Å². The molecule has 1 rings (SSSR count). The molecule has 2 nitrogen and oxygen atoms in total. The van der Waals surface area contributed by atoms with Crippen molar-refractivity contribution in [2.24, 2.45) is 0 Å². The fraction of sp³-hybridized carbons (Fsp3) is 0.250. The summed E-state index contributed by atoms with van der Waals surface area (Å²) >= 11 is 8.75. The maximum Gasteiger partial charge on any atom is 0.177 e. The van der Waals surface area contributed by atoms with E-state index in [2.05, 4.69) is 20.9 Å². The molecule has 0 saturated heterocycles. The van der Waals surface area contributed by atoms with E-state index in [4.69, 9.17) is 11.6 Å². The molecule has 0 N–H and O–H groups in total. The lowest BCUT2D eigenvalue weighted by molar-refractivity contribution is 0.0995. The zero-order chi connectivity index (χ0) is 9.14. The highest BCUT2D eigenvalue weighted by atomic mass is 79.9. The second-order valence-corrected chi connectivity index (χ2v) is 4.11. The molecule has 0 aliphatic rings. The van der Waals surface area contributed by atoms with Crippen LogP contribution in [0.3, 0.4) is 0 Å². The highest BCUT2D eigenvalue weighted by Crippen LogP contribution is 2.10. The zero-order valence-corrected chi connectivity index (χ0v) is 10.9. The fourth-order valence-corrected chi connectivity index (χ4v) is 1.13. The highest BCUT2D eigenvalue weighted by Gasteiger charge is 2.11. The molecule has 0 bridgehead atoms. The summed E-state index contributed by atoms with van der Waals surface area (Å²) in [7, 11) is 0. The number of ketones is 1. The van der Waals surface area contributed by atoms with Gasteiger partial charge >= 0.3 is 0 Å². The van der Waals surface area contributed by atoms with E-state index in [1.165, 1.54) is 6.20 Å². The Morgan fingerprint density at radius 3 is 2.62 bits per heavy atom. The normalized spacial score (nSPS) is 11.6. The van der Waals surface area contributed by atoms with Crippen molar-refractivity contribution in [1.82, 2.24) is 4.98 Å². The van der Waals surface area contributed by atoms with Crippen LogP contribution in [0.25, 0.3) is 0 Å². The SMILES string of the molecule is Br.CC(Br)C(=O)c1ccc(Cl)nc1. The fourth-order valence-electron chi connectivity index (χ4n) is 0.751. The molecule has 0 aromatic carbocycles. The quantitative estimate of drug-likeness (QED) is 0.473. The van der Waals surface area contributed by atoms with Crippen molar-refractivity contribution in [1.29, 1.82) is 0 Å². The van der Waals surface area contributed by atoms with Gasteiger partial charge in [-0.25, -0.2) is 4.98 Å². The number of Topliss-reactive ketones (excluding diaryl/α,β-unsaturated/α-hetero) is 1. The molecule has 0 spiro atoms. The van der Waals surface area contributed by atoms with Crippen LogP contribution in [-0.4, -0.2) is 15.6 Å². The number of carbonyl (C=O) groups excluding carboxylic acids is 1. The summed E-state index contributed by atoms with van der Waals surface area (Å²) in [4.78, 5) is 15.0. The van der Waals surface area contributed by atoms with Crippen molar-refractivity contribution < 1.29 is 4.79 Å².